The Labute approximate surface area is 167 Å². The van der Waals surface area contributed by atoms with E-state index in [2.05, 4.69) is 21.2 Å². The van der Waals surface area contributed by atoms with Gasteiger partial charge in [0.25, 0.3) is 5.91 Å². The van der Waals surface area contributed by atoms with E-state index in [-0.39, 0.29) is 5.91 Å². The minimum absolute atomic E-state index is 0.162. The van der Waals surface area contributed by atoms with E-state index >= 15 is 0 Å². The molecule has 3 aromatic carbocycles. The van der Waals surface area contributed by atoms with Crippen LogP contribution in [0.15, 0.2) is 77.3 Å². The fraction of sp³-hybridized carbons (Fsp3) is 0.136. The van der Waals surface area contributed by atoms with Crippen molar-refractivity contribution in [3.63, 3.8) is 0 Å². The molecule has 4 nitrogen and oxygen atoms in total. The largest absolute Gasteiger partial charge is 0.497 e. The molecular formula is C22H20BrNO3. The van der Waals surface area contributed by atoms with Gasteiger partial charge < -0.3 is 14.8 Å². The van der Waals surface area contributed by atoms with Gasteiger partial charge in [0.15, 0.2) is 0 Å². The van der Waals surface area contributed by atoms with Crippen molar-refractivity contribution >= 4 is 21.8 Å². The first-order valence-corrected chi connectivity index (χ1v) is 9.32. The second kappa shape index (κ2) is 9.24. The van der Waals surface area contributed by atoms with Gasteiger partial charge in [-0.25, -0.2) is 0 Å². The number of ether oxygens (including phenoxy) is 2. The molecule has 1 N–H and O–H groups in total. The molecule has 5 heteroatoms. The summed E-state index contributed by atoms with van der Waals surface area (Å²) < 4.78 is 11.7. The zero-order valence-electron chi connectivity index (χ0n) is 14.9. The summed E-state index contributed by atoms with van der Waals surface area (Å²) in [6.07, 6.45) is 0. The third-order valence-corrected chi connectivity index (χ3v) is 4.73. The van der Waals surface area contributed by atoms with Gasteiger partial charge in [0.2, 0.25) is 0 Å². The number of carbonyl (C=O) groups excluding carboxylic acids is 1. The SMILES string of the molecule is COc1ccc(Br)c(C(=O)NCc2ccc(OCc3ccccc3)cc2)c1. The maximum Gasteiger partial charge on any atom is 0.252 e. The minimum Gasteiger partial charge on any atom is -0.497 e. The van der Waals surface area contributed by atoms with E-state index in [9.17, 15) is 4.79 Å². The van der Waals surface area contributed by atoms with Crippen LogP contribution in [-0.2, 0) is 13.2 Å². The molecule has 138 valence electrons. The maximum atomic E-state index is 12.4. The monoisotopic (exact) mass is 425 g/mol. The number of amides is 1. The zero-order chi connectivity index (χ0) is 19.1. The average molecular weight is 426 g/mol. The fourth-order valence-corrected chi connectivity index (χ4v) is 2.95. The highest BCUT2D eigenvalue weighted by Gasteiger charge is 2.11. The molecule has 1 amide bonds. The van der Waals surface area contributed by atoms with Crippen LogP contribution in [0.2, 0.25) is 0 Å². The molecule has 0 bridgehead atoms. The predicted octanol–water partition coefficient (Wildman–Crippen LogP) is 4.97. The molecule has 0 fully saturated rings. The third kappa shape index (κ3) is 5.34. The number of halogens is 1. The number of carbonyl (C=O) groups is 1. The van der Waals surface area contributed by atoms with Gasteiger partial charge in [-0.05, 0) is 57.4 Å². The van der Waals surface area contributed by atoms with Gasteiger partial charge in [-0.15, -0.1) is 0 Å². The lowest BCUT2D eigenvalue weighted by atomic mass is 10.1. The van der Waals surface area contributed by atoms with Crippen molar-refractivity contribution in [1.29, 1.82) is 0 Å². The zero-order valence-corrected chi connectivity index (χ0v) is 16.5. The van der Waals surface area contributed by atoms with Crippen LogP contribution in [0.5, 0.6) is 11.5 Å². The van der Waals surface area contributed by atoms with Gasteiger partial charge in [-0.3, -0.25) is 4.79 Å². The van der Waals surface area contributed by atoms with Crippen molar-refractivity contribution in [3.05, 3.63) is 94.0 Å². The quantitative estimate of drug-likeness (QED) is 0.581. The Morgan fingerprint density at radius 2 is 1.63 bits per heavy atom. The van der Waals surface area contributed by atoms with Crippen LogP contribution in [0.4, 0.5) is 0 Å². The van der Waals surface area contributed by atoms with Crippen molar-refractivity contribution < 1.29 is 14.3 Å². The van der Waals surface area contributed by atoms with E-state index in [0.29, 0.717) is 24.5 Å². The van der Waals surface area contributed by atoms with Crippen molar-refractivity contribution in [3.8, 4) is 11.5 Å². The maximum absolute atomic E-state index is 12.4. The van der Waals surface area contributed by atoms with Crippen molar-refractivity contribution in [2.75, 3.05) is 7.11 Å². The van der Waals surface area contributed by atoms with Crippen molar-refractivity contribution in [2.45, 2.75) is 13.2 Å². The first kappa shape index (κ1) is 19.0. The number of benzene rings is 3. The molecule has 0 aliphatic heterocycles. The number of nitrogens with one attached hydrogen (secondary N) is 1. The Hall–Kier alpha value is -2.79. The minimum atomic E-state index is -0.162. The number of rotatable bonds is 7. The molecule has 0 aliphatic rings. The lowest BCUT2D eigenvalue weighted by Crippen LogP contribution is -2.23. The predicted molar refractivity (Wildman–Crippen MR) is 109 cm³/mol. The summed E-state index contributed by atoms with van der Waals surface area (Å²) in [5.41, 5.74) is 2.66. The molecule has 0 spiro atoms. The van der Waals surface area contributed by atoms with Crippen LogP contribution in [0, 0.1) is 0 Å². The molecule has 0 radical (unpaired) electrons. The van der Waals surface area contributed by atoms with E-state index in [4.69, 9.17) is 9.47 Å². The summed E-state index contributed by atoms with van der Waals surface area (Å²) in [5, 5.41) is 2.92. The van der Waals surface area contributed by atoms with Gasteiger partial charge >= 0.3 is 0 Å². The van der Waals surface area contributed by atoms with Crippen molar-refractivity contribution in [1.82, 2.24) is 5.32 Å². The molecule has 0 aliphatic carbocycles. The molecule has 3 aromatic rings. The Morgan fingerprint density at radius 3 is 2.33 bits per heavy atom. The standard InChI is InChI=1S/C22H20BrNO3/c1-26-19-11-12-21(23)20(13-19)22(25)24-14-16-7-9-18(10-8-16)27-15-17-5-3-2-4-6-17/h2-13H,14-15H2,1H3,(H,24,25). The van der Waals surface area contributed by atoms with Gasteiger partial charge in [0.05, 0.1) is 12.7 Å². The van der Waals surface area contributed by atoms with Gasteiger partial charge in [-0.1, -0.05) is 42.5 Å². The first-order valence-electron chi connectivity index (χ1n) is 8.53. The van der Waals surface area contributed by atoms with Crippen LogP contribution in [0.3, 0.4) is 0 Å². The molecule has 0 unspecified atom stereocenters. The third-order valence-electron chi connectivity index (χ3n) is 4.04. The van der Waals surface area contributed by atoms with Gasteiger partial charge in [0.1, 0.15) is 18.1 Å². The van der Waals surface area contributed by atoms with Crippen molar-refractivity contribution in [2.24, 2.45) is 0 Å². The Morgan fingerprint density at radius 1 is 0.926 bits per heavy atom. The van der Waals surface area contributed by atoms with Gasteiger partial charge in [0, 0.05) is 11.0 Å². The van der Waals surface area contributed by atoms with E-state index in [0.717, 1.165) is 21.3 Å². The summed E-state index contributed by atoms with van der Waals surface area (Å²) in [4.78, 5) is 12.4. The molecule has 0 saturated carbocycles. The highest BCUT2D eigenvalue weighted by Crippen LogP contribution is 2.22. The fourth-order valence-electron chi connectivity index (χ4n) is 2.53. The summed E-state index contributed by atoms with van der Waals surface area (Å²) in [6, 6.07) is 23.0. The average Bonchev–Trinajstić information content (AvgIpc) is 2.72. The molecular weight excluding hydrogens is 406 g/mol. The smallest absolute Gasteiger partial charge is 0.252 e. The summed E-state index contributed by atoms with van der Waals surface area (Å²) in [6.45, 7) is 0.961. The Bertz CT molecular complexity index is 895. The molecule has 27 heavy (non-hydrogen) atoms. The van der Waals surface area contributed by atoms with Crippen LogP contribution in [0.1, 0.15) is 21.5 Å². The number of methoxy groups -OCH3 is 1. The van der Waals surface area contributed by atoms with E-state index < -0.39 is 0 Å². The second-order valence-electron chi connectivity index (χ2n) is 5.95. The second-order valence-corrected chi connectivity index (χ2v) is 6.80. The molecule has 0 saturated heterocycles. The highest BCUT2D eigenvalue weighted by atomic mass is 79.9. The molecule has 0 atom stereocenters. The van der Waals surface area contributed by atoms with Crippen LogP contribution in [-0.4, -0.2) is 13.0 Å². The molecule has 0 heterocycles. The van der Waals surface area contributed by atoms with E-state index in [1.165, 1.54) is 0 Å². The summed E-state index contributed by atoms with van der Waals surface area (Å²) >= 11 is 3.40. The lowest BCUT2D eigenvalue weighted by molar-refractivity contribution is 0.0950. The van der Waals surface area contributed by atoms with Crippen LogP contribution in [0.25, 0.3) is 0 Å². The topological polar surface area (TPSA) is 47.6 Å². The first-order chi connectivity index (χ1) is 13.2. The highest BCUT2D eigenvalue weighted by molar-refractivity contribution is 9.10. The van der Waals surface area contributed by atoms with Gasteiger partial charge in [-0.2, -0.15) is 0 Å². The van der Waals surface area contributed by atoms with Crippen LogP contribution >= 0.6 is 15.9 Å². The number of hydrogen-bond donors (Lipinski definition) is 1. The summed E-state index contributed by atoms with van der Waals surface area (Å²) in [5.74, 6) is 1.28. The van der Waals surface area contributed by atoms with E-state index in [1.54, 1.807) is 25.3 Å². The molecule has 3 rings (SSSR count). The lowest BCUT2D eigenvalue weighted by Gasteiger charge is -2.10. The Balaban J connectivity index is 1.55. The van der Waals surface area contributed by atoms with Crippen LogP contribution < -0.4 is 14.8 Å². The Kier molecular flexibility index (Phi) is 6.49. The number of hydrogen-bond acceptors (Lipinski definition) is 3. The van der Waals surface area contributed by atoms with E-state index in [1.807, 2.05) is 54.6 Å². The molecule has 0 aromatic heterocycles. The summed E-state index contributed by atoms with van der Waals surface area (Å²) in [7, 11) is 1.58. The normalized spacial score (nSPS) is 10.3.